The first-order valence-electron chi connectivity index (χ1n) is 9.02. The van der Waals surface area contributed by atoms with Gasteiger partial charge in [0.15, 0.2) is 0 Å². The van der Waals surface area contributed by atoms with Gasteiger partial charge in [0.05, 0.1) is 22.9 Å². The summed E-state index contributed by atoms with van der Waals surface area (Å²) in [4.78, 5) is 22.9. The second-order valence-electron chi connectivity index (χ2n) is 6.28. The van der Waals surface area contributed by atoms with E-state index in [0.717, 1.165) is 11.3 Å². The van der Waals surface area contributed by atoms with Crippen LogP contribution >= 0.6 is 0 Å². The number of hydrogen-bond acceptors (Lipinski definition) is 6. The Morgan fingerprint density at radius 3 is 2.34 bits per heavy atom. The average molecular weight is 392 g/mol. The van der Waals surface area contributed by atoms with Gasteiger partial charge in [0.25, 0.3) is 5.69 Å². The normalized spacial score (nSPS) is 11.0. The maximum atomic E-state index is 12.6. The van der Waals surface area contributed by atoms with E-state index < -0.39 is 10.9 Å². The summed E-state index contributed by atoms with van der Waals surface area (Å²) in [6.07, 6.45) is 0. The first-order valence-corrected chi connectivity index (χ1v) is 9.02. The number of rotatable bonds is 6. The molecule has 0 N–H and O–H groups in total. The van der Waals surface area contributed by atoms with Crippen molar-refractivity contribution in [1.29, 1.82) is 0 Å². The monoisotopic (exact) mass is 392 g/mol. The number of benzene rings is 2. The van der Waals surface area contributed by atoms with E-state index in [1.54, 1.807) is 6.92 Å². The number of esters is 1. The Hall–Kier alpha value is -3.81. The van der Waals surface area contributed by atoms with Gasteiger partial charge < -0.3 is 9.30 Å². The van der Waals surface area contributed by atoms with Crippen LogP contribution in [-0.2, 0) is 11.8 Å². The van der Waals surface area contributed by atoms with Gasteiger partial charge in [-0.05, 0) is 26.0 Å². The molecule has 0 aliphatic carbocycles. The smallest absolute Gasteiger partial charge is 0.342 e. The molecule has 0 saturated heterocycles. The molecule has 3 aromatic rings. The molecule has 3 rings (SSSR count). The van der Waals surface area contributed by atoms with Crippen LogP contribution in [-0.4, -0.2) is 22.1 Å². The van der Waals surface area contributed by atoms with E-state index in [0.29, 0.717) is 22.6 Å². The van der Waals surface area contributed by atoms with Crippen LogP contribution in [0.15, 0.2) is 64.8 Å². The van der Waals surface area contributed by atoms with Gasteiger partial charge in [-0.2, -0.15) is 5.11 Å². The van der Waals surface area contributed by atoms with Crippen molar-refractivity contribution < 1.29 is 14.5 Å². The highest BCUT2D eigenvalue weighted by molar-refractivity contribution is 6.00. The molecule has 0 bridgehead atoms. The predicted molar refractivity (Wildman–Crippen MR) is 109 cm³/mol. The maximum absolute atomic E-state index is 12.6. The van der Waals surface area contributed by atoms with Gasteiger partial charge in [-0.1, -0.05) is 30.3 Å². The summed E-state index contributed by atoms with van der Waals surface area (Å²) in [6, 6.07) is 15.3. The third kappa shape index (κ3) is 4.06. The molecular weight excluding hydrogens is 372 g/mol. The minimum atomic E-state index is -0.478. The number of nitrogens with zero attached hydrogens (tertiary/aromatic N) is 4. The summed E-state index contributed by atoms with van der Waals surface area (Å²) < 4.78 is 7.10. The molecule has 0 amide bonds. The van der Waals surface area contributed by atoms with Gasteiger partial charge in [-0.25, -0.2) is 4.79 Å². The zero-order valence-electron chi connectivity index (χ0n) is 16.3. The lowest BCUT2D eigenvalue weighted by molar-refractivity contribution is -0.384. The highest BCUT2D eigenvalue weighted by Crippen LogP contribution is 2.39. The lowest BCUT2D eigenvalue weighted by Crippen LogP contribution is -2.06. The number of nitro benzene ring substituents is 1. The van der Waals surface area contributed by atoms with Crippen molar-refractivity contribution in [3.05, 3.63) is 76.0 Å². The first-order chi connectivity index (χ1) is 13.9. The van der Waals surface area contributed by atoms with Gasteiger partial charge in [0.1, 0.15) is 11.3 Å². The molecule has 0 aliphatic heterocycles. The van der Waals surface area contributed by atoms with Crippen molar-refractivity contribution in [3.63, 3.8) is 0 Å². The molecule has 0 atom stereocenters. The summed E-state index contributed by atoms with van der Waals surface area (Å²) in [5, 5.41) is 19.4. The summed E-state index contributed by atoms with van der Waals surface area (Å²) in [5.74, 6) is -0.472. The number of non-ortho nitro benzene ring substituents is 1. The van der Waals surface area contributed by atoms with Gasteiger partial charge >= 0.3 is 5.97 Å². The Labute approximate surface area is 167 Å². The van der Waals surface area contributed by atoms with E-state index in [4.69, 9.17) is 4.74 Å². The largest absolute Gasteiger partial charge is 0.462 e. The zero-order chi connectivity index (χ0) is 21.0. The van der Waals surface area contributed by atoms with Crippen LogP contribution < -0.4 is 0 Å². The minimum Gasteiger partial charge on any atom is -0.462 e. The number of aromatic nitrogens is 1. The molecule has 0 spiro atoms. The molecule has 148 valence electrons. The van der Waals surface area contributed by atoms with E-state index in [-0.39, 0.29) is 12.3 Å². The van der Waals surface area contributed by atoms with Crippen molar-refractivity contribution in [3.8, 4) is 11.3 Å². The van der Waals surface area contributed by atoms with E-state index in [1.807, 2.05) is 48.9 Å². The van der Waals surface area contributed by atoms with Crippen molar-refractivity contribution in [2.75, 3.05) is 6.61 Å². The number of nitro groups is 1. The molecular formula is C21H20N4O4. The average Bonchev–Trinajstić information content (AvgIpc) is 2.97. The van der Waals surface area contributed by atoms with E-state index in [1.165, 1.54) is 24.3 Å². The summed E-state index contributed by atoms with van der Waals surface area (Å²) in [7, 11) is 1.85. The molecule has 1 heterocycles. The molecule has 29 heavy (non-hydrogen) atoms. The van der Waals surface area contributed by atoms with Crippen molar-refractivity contribution in [2.45, 2.75) is 13.8 Å². The summed E-state index contributed by atoms with van der Waals surface area (Å²) in [5.41, 5.74) is 3.47. The van der Waals surface area contributed by atoms with Crippen LogP contribution in [0.5, 0.6) is 0 Å². The third-order valence-electron chi connectivity index (χ3n) is 4.51. The molecule has 0 aliphatic rings. The van der Waals surface area contributed by atoms with E-state index >= 15 is 0 Å². The van der Waals surface area contributed by atoms with Crippen LogP contribution in [0, 0.1) is 17.0 Å². The Balaban J connectivity index is 2.13. The fraction of sp³-hybridized carbons (Fsp3) is 0.190. The molecule has 0 fully saturated rings. The van der Waals surface area contributed by atoms with Crippen molar-refractivity contribution in [2.24, 2.45) is 17.3 Å². The van der Waals surface area contributed by atoms with Crippen LogP contribution in [0.2, 0.25) is 0 Å². The zero-order valence-corrected chi connectivity index (χ0v) is 16.3. The highest BCUT2D eigenvalue weighted by atomic mass is 16.6. The minimum absolute atomic E-state index is 0.0308. The highest BCUT2D eigenvalue weighted by Gasteiger charge is 2.26. The maximum Gasteiger partial charge on any atom is 0.342 e. The van der Waals surface area contributed by atoms with Crippen molar-refractivity contribution in [1.82, 2.24) is 4.57 Å². The fourth-order valence-electron chi connectivity index (χ4n) is 3.00. The third-order valence-corrected chi connectivity index (χ3v) is 4.51. The quantitative estimate of drug-likeness (QED) is 0.239. The van der Waals surface area contributed by atoms with Crippen LogP contribution in [0.25, 0.3) is 11.3 Å². The Bertz CT molecular complexity index is 1070. The van der Waals surface area contributed by atoms with Gasteiger partial charge in [-0.15, -0.1) is 5.11 Å². The lowest BCUT2D eigenvalue weighted by Gasteiger charge is -2.05. The molecule has 8 heteroatoms. The standard InChI is InChI=1S/C21H20N4O4/c1-4-29-21(26)18-14(2)24(3)20(15-8-6-5-7-9-15)19(18)23-22-16-10-12-17(13-11-16)25(27)28/h5-13H,4H2,1-3H3. The number of carbonyl (C=O) groups is 1. The second-order valence-corrected chi connectivity index (χ2v) is 6.28. The summed E-state index contributed by atoms with van der Waals surface area (Å²) in [6.45, 7) is 3.81. The first kappa shape index (κ1) is 19.9. The van der Waals surface area contributed by atoms with Gasteiger partial charge in [0, 0.05) is 30.4 Å². The molecule has 0 saturated carbocycles. The molecule has 1 aromatic heterocycles. The molecule has 2 aromatic carbocycles. The van der Waals surface area contributed by atoms with Crippen LogP contribution in [0.1, 0.15) is 23.0 Å². The van der Waals surface area contributed by atoms with Crippen LogP contribution in [0.4, 0.5) is 17.1 Å². The SMILES string of the molecule is CCOC(=O)c1c(N=Nc2ccc([N+](=O)[O-])cc2)c(-c2ccccc2)n(C)c1C. The number of azo groups is 1. The molecule has 8 nitrogen and oxygen atoms in total. The number of ether oxygens (including phenoxy) is 1. The van der Waals surface area contributed by atoms with E-state index in [2.05, 4.69) is 10.2 Å². The molecule has 0 unspecified atom stereocenters. The van der Waals surface area contributed by atoms with E-state index in [9.17, 15) is 14.9 Å². The Kier molecular flexibility index (Phi) is 5.82. The fourth-order valence-corrected chi connectivity index (χ4v) is 3.00. The molecule has 0 radical (unpaired) electrons. The Morgan fingerprint density at radius 1 is 1.10 bits per heavy atom. The van der Waals surface area contributed by atoms with Crippen LogP contribution in [0.3, 0.4) is 0 Å². The number of hydrogen-bond donors (Lipinski definition) is 0. The summed E-state index contributed by atoms with van der Waals surface area (Å²) >= 11 is 0. The van der Waals surface area contributed by atoms with Gasteiger partial charge in [-0.3, -0.25) is 10.1 Å². The predicted octanol–water partition coefficient (Wildman–Crippen LogP) is 5.50. The topological polar surface area (TPSA) is 99.1 Å². The van der Waals surface area contributed by atoms with Gasteiger partial charge in [0.2, 0.25) is 0 Å². The Morgan fingerprint density at radius 2 is 1.76 bits per heavy atom. The second kappa shape index (κ2) is 8.47. The lowest BCUT2D eigenvalue weighted by atomic mass is 10.1. The van der Waals surface area contributed by atoms with Crippen molar-refractivity contribution >= 4 is 23.0 Å². The number of carbonyl (C=O) groups excluding carboxylic acids is 1.